The topological polar surface area (TPSA) is 58.6 Å². The Bertz CT molecular complexity index is 438. The molecule has 0 saturated carbocycles. The largest absolute Gasteiger partial charge is 0.486 e. The Morgan fingerprint density at radius 1 is 1.69 bits per heavy atom. The first kappa shape index (κ1) is 11.0. The third kappa shape index (κ3) is 2.19. The molecule has 4 nitrogen and oxygen atoms in total. The molecule has 0 saturated heterocycles. The van der Waals surface area contributed by atoms with E-state index in [2.05, 4.69) is 5.32 Å². The van der Waals surface area contributed by atoms with Crippen LogP contribution in [0.2, 0.25) is 5.02 Å². The molecule has 86 valence electrons. The quantitative estimate of drug-likeness (QED) is 0.838. The van der Waals surface area contributed by atoms with E-state index in [1.807, 2.05) is 0 Å². The van der Waals surface area contributed by atoms with E-state index in [-0.39, 0.29) is 11.4 Å². The molecular formula is C10H9ClFNO3. The molecule has 0 aromatic heterocycles. The van der Waals surface area contributed by atoms with Crippen LogP contribution in [0, 0.1) is 5.82 Å². The van der Waals surface area contributed by atoms with Crippen molar-refractivity contribution in [2.24, 2.45) is 0 Å². The minimum absolute atomic E-state index is 0.00605. The second kappa shape index (κ2) is 4.17. The Morgan fingerprint density at radius 3 is 3.12 bits per heavy atom. The van der Waals surface area contributed by atoms with Crippen LogP contribution in [0.4, 0.5) is 10.1 Å². The van der Waals surface area contributed by atoms with Crippen LogP contribution in [0.15, 0.2) is 12.1 Å². The van der Waals surface area contributed by atoms with Gasteiger partial charge in [-0.2, -0.15) is 0 Å². The van der Waals surface area contributed by atoms with Gasteiger partial charge in [0.05, 0.1) is 23.7 Å². The highest BCUT2D eigenvalue weighted by molar-refractivity contribution is 6.31. The molecule has 0 amide bonds. The third-order valence-corrected chi connectivity index (χ3v) is 2.53. The van der Waals surface area contributed by atoms with Gasteiger partial charge in [-0.25, -0.2) is 4.39 Å². The van der Waals surface area contributed by atoms with Gasteiger partial charge in [-0.15, -0.1) is 0 Å². The van der Waals surface area contributed by atoms with Gasteiger partial charge in [0.15, 0.2) is 0 Å². The molecule has 0 spiro atoms. The highest BCUT2D eigenvalue weighted by atomic mass is 35.5. The fraction of sp³-hybridized carbons (Fsp3) is 0.300. The van der Waals surface area contributed by atoms with Crippen LogP contribution in [-0.4, -0.2) is 23.7 Å². The normalized spacial score (nSPS) is 18.2. The van der Waals surface area contributed by atoms with Crippen LogP contribution in [0.25, 0.3) is 0 Å². The first-order chi connectivity index (χ1) is 7.56. The van der Waals surface area contributed by atoms with E-state index in [9.17, 15) is 9.18 Å². The van der Waals surface area contributed by atoms with Gasteiger partial charge in [0.1, 0.15) is 17.7 Å². The number of benzene rings is 1. The molecule has 0 fully saturated rings. The Hall–Kier alpha value is -1.49. The zero-order valence-electron chi connectivity index (χ0n) is 8.17. The van der Waals surface area contributed by atoms with E-state index in [0.29, 0.717) is 18.0 Å². The number of hydrogen-bond acceptors (Lipinski definition) is 3. The number of carbonyl (C=O) groups is 1. The van der Waals surface area contributed by atoms with Crippen LogP contribution >= 0.6 is 11.6 Å². The number of ether oxygens (including phenoxy) is 1. The molecular weight excluding hydrogens is 237 g/mol. The van der Waals surface area contributed by atoms with E-state index in [4.69, 9.17) is 21.4 Å². The van der Waals surface area contributed by atoms with Gasteiger partial charge in [0.25, 0.3) is 0 Å². The van der Waals surface area contributed by atoms with Gasteiger partial charge in [0.2, 0.25) is 0 Å². The van der Waals surface area contributed by atoms with Crippen molar-refractivity contribution in [1.29, 1.82) is 0 Å². The minimum Gasteiger partial charge on any atom is -0.486 e. The highest BCUT2D eigenvalue weighted by Crippen LogP contribution is 2.34. The lowest BCUT2D eigenvalue weighted by Crippen LogP contribution is -2.32. The summed E-state index contributed by atoms with van der Waals surface area (Å²) in [4.78, 5) is 10.5. The first-order valence-electron chi connectivity index (χ1n) is 4.67. The van der Waals surface area contributed by atoms with Crippen LogP contribution in [0.3, 0.4) is 0 Å². The number of rotatable bonds is 2. The molecule has 6 heteroatoms. The van der Waals surface area contributed by atoms with Crippen molar-refractivity contribution in [1.82, 2.24) is 0 Å². The van der Waals surface area contributed by atoms with Crippen LogP contribution in [-0.2, 0) is 4.79 Å². The Labute approximate surface area is 96.0 Å². The van der Waals surface area contributed by atoms with Crippen molar-refractivity contribution in [3.63, 3.8) is 0 Å². The standard InChI is InChI=1S/C10H9ClFNO3/c11-6-2-8-9(3-7(6)12)16-5(4-13-8)1-10(14)15/h2-3,5,13H,1,4H2,(H,14,15). The predicted molar refractivity (Wildman–Crippen MR) is 56.6 cm³/mol. The molecule has 0 bridgehead atoms. The second-order valence-electron chi connectivity index (χ2n) is 3.48. The van der Waals surface area contributed by atoms with E-state index in [1.54, 1.807) is 0 Å². The number of anilines is 1. The summed E-state index contributed by atoms with van der Waals surface area (Å²) in [6.07, 6.45) is -0.623. The smallest absolute Gasteiger partial charge is 0.307 e. The molecule has 1 atom stereocenters. The lowest BCUT2D eigenvalue weighted by molar-refractivity contribution is -0.138. The lowest BCUT2D eigenvalue weighted by Gasteiger charge is -2.26. The summed E-state index contributed by atoms with van der Waals surface area (Å²) in [6, 6.07) is 2.57. The van der Waals surface area contributed by atoms with Crippen LogP contribution in [0.5, 0.6) is 5.75 Å². The summed E-state index contributed by atoms with van der Waals surface area (Å²) in [6.45, 7) is 0.362. The fourth-order valence-electron chi connectivity index (χ4n) is 1.52. The average molecular weight is 246 g/mol. The van der Waals surface area contributed by atoms with Gasteiger partial charge in [-0.1, -0.05) is 11.6 Å². The van der Waals surface area contributed by atoms with Gasteiger partial charge in [-0.3, -0.25) is 4.79 Å². The van der Waals surface area contributed by atoms with Crippen molar-refractivity contribution in [2.75, 3.05) is 11.9 Å². The maximum Gasteiger partial charge on any atom is 0.307 e. The number of carboxylic acids is 1. The van der Waals surface area contributed by atoms with Crippen molar-refractivity contribution in [2.45, 2.75) is 12.5 Å². The first-order valence-corrected chi connectivity index (χ1v) is 5.05. The highest BCUT2D eigenvalue weighted by Gasteiger charge is 2.22. The molecule has 1 aliphatic heterocycles. The Morgan fingerprint density at radius 2 is 2.44 bits per heavy atom. The summed E-state index contributed by atoms with van der Waals surface area (Å²) in [5, 5.41) is 11.6. The summed E-state index contributed by atoms with van der Waals surface area (Å²) < 4.78 is 18.5. The molecule has 2 rings (SSSR count). The Kier molecular flexibility index (Phi) is 2.87. The summed E-state index contributed by atoms with van der Waals surface area (Å²) in [5.74, 6) is -1.25. The summed E-state index contributed by atoms with van der Waals surface area (Å²) >= 11 is 5.60. The SMILES string of the molecule is O=C(O)CC1CNc2cc(Cl)c(F)cc2O1. The molecule has 1 aliphatic rings. The van der Waals surface area contributed by atoms with Crippen LogP contribution in [0.1, 0.15) is 6.42 Å². The molecule has 1 heterocycles. The number of fused-ring (bicyclic) bond motifs is 1. The third-order valence-electron chi connectivity index (χ3n) is 2.24. The molecule has 1 unspecified atom stereocenters. The van der Waals surface area contributed by atoms with Gasteiger partial charge < -0.3 is 15.2 Å². The number of nitrogens with one attached hydrogen (secondary N) is 1. The molecule has 1 aromatic rings. The minimum atomic E-state index is -0.954. The maximum atomic E-state index is 13.1. The number of hydrogen-bond donors (Lipinski definition) is 2. The van der Waals surface area contributed by atoms with Crippen molar-refractivity contribution in [3.05, 3.63) is 23.0 Å². The summed E-state index contributed by atoms with van der Waals surface area (Å²) in [5.41, 5.74) is 0.577. The molecule has 0 radical (unpaired) electrons. The second-order valence-corrected chi connectivity index (χ2v) is 3.89. The molecule has 16 heavy (non-hydrogen) atoms. The average Bonchev–Trinajstić information content (AvgIpc) is 2.19. The van der Waals surface area contributed by atoms with Crippen molar-refractivity contribution >= 4 is 23.3 Å². The molecule has 0 aliphatic carbocycles. The van der Waals surface area contributed by atoms with Gasteiger partial charge >= 0.3 is 5.97 Å². The fourth-order valence-corrected chi connectivity index (χ4v) is 1.68. The maximum absolute atomic E-state index is 13.1. The molecule has 1 aromatic carbocycles. The zero-order valence-corrected chi connectivity index (χ0v) is 8.92. The number of aliphatic carboxylic acids is 1. The summed E-state index contributed by atoms with van der Waals surface area (Å²) in [7, 11) is 0. The van der Waals surface area contributed by atoms with E-state index < -0.39 is 17.9 Å². The van der Waals surface area contributed by atoms with Crippen molar-refractivity contribution in [3.8, 4) is 5.75 Å². The lowest BCUT2D eigenvalue weighted by atomic mass is 10.2. The number of carboxylic acid groups (broad SMARTS) is 1. The monoisotopic (exact) mass is 245 g/mol. The Balaban J connectivity index is 2.20. The predicted octanol–water partition coefficient (Wildman–Crippen LogP) is 2.13. The number of halogens is 2. The van der Waals surface area contributed by atoms with E-state index in [1.165, 1.54) is 6.07 Å². The zero-order chi connectivity index (χ0) is 11.7. The molecule has 2 N–H and O–H groups in total. The van der Waals surface area contributed by atoms with Crippen molar-refractivity contribution < 1.29 is 19.0 Å². The van der Waals surface area contributed by atoms with Gasteiger partial charge in [-0.05, 0) is 6.07 Å². The van der Waals surface area contributed by atoms with E-state index >= 15 is 0 Å². The van der Waals surface area contributed by atoms with Gasteiger partial charge in [0, 0.05) is 6.07 Å². The van der Waals surface area contributed by atoms with E-state index in [0.717, 1.165) is 6.07 Å². The van der Waals surface area contributed by atoms with Crippen LogP contribution < -0.4 is 10.1 Å².